The third-order valence-electron chi connectivity index (χ3n) is 2.28. The number of nitrogens with zero attached hydrogens (tertiary/aromatic N) is 1. The maximum absolute atomic E-state index is 11.8. The molecule has 0 saturated carbocycles. The van der Waals surface area contributed by atoms with E-state index in [9.17, 15) is 13.2 Å². The van der Waals surface area contributed by atoms with E-state index in [0.29, 0.717) is 5.69 Å². The predicted octanol–water partition coefficient (Wildman–Crippen LogP) is 0.835. The summed E-state index contributed by atoms with van der Waals surface area (Å²) < 4.78 is 30.0. The van der Waals surface area contributed by atoms with Crippen molar-refractivity contribution in [3.8, 4) is 0 Å². The molecule has 2 heterocycles. The molecule has 2 aromatic heterocycles. The number of hydrogen-bond acceptors (Lipinski definition) is 5. The van der Waals surface area contributed by atoms with E-state index in [0.717, 1.165) is 0 Å². The number of pyridine rings is 1. The van der Waals surface area contributed by atoms with Gasteiger partial charge in [-0.1, -0.05) is 0 Å². The standard InChI is InChI=1S/C11H11N3O4S/c1-12-19(16,17)10-3-2-9(18-10)11(15)14-8-4-6-13-7-5-8/h2-7,12H,1H3,(H,13,14,15). The van der Waals surface area contributed by atoms with Crippen LogP contribution < -0.4 is 10.0 Å². The van der Waals surface area contributed by atoms with Crippen molar-refractivity contribution in [2.24, 2.45) is 0 Å². The van der Waals surface area contributed by atoms with Crippen molar-refractivity contribution in [1.82, 2.24) is 9.71 Å². The van der Waals surface area contributed by atoms with Gasteiger partial charge in [0.1, 0.15) is 0 Å². The van der Waals surface area contributed by atoms with Gasteiger partial charge in [0, 0.05) is 18.1 Å². The van der Waals surface area contributed by atoms with Gasteiger partial charge in [-0.25, -0.2) is 13.1 Å². The van der Waals surface area contributed by atoms with Crippen LogP contribution in [-0.4, -0.2) is 26.4 Å². The van der Waals surface area contributed by atoms with Crippen LogP contribution >= 0.6 is 0 Å². The molecule has 0 aromatic carbocycles. The Morgan fingerprint density at radius 1 is 1.21 bits per heavy atom. The summed E-state index contributed by atoms with van der Waals surface area (Å²) in [7, 11) is -2.43. The fraction of sp³-hybridized carbons (Fsp3) is 0.0909. The van der Waals surface area contributed by atoms with Gasteiger partial charge >= 0.3 is 0 Å². The molecular formula is C11H11N3O4S. The van der Waals surface area contributed by atoms with Gasteiger partial charge < -0.3 is 9.73 Å². The second-order valence-electron chi connectivity index (χ2n) is 3.52. The van der Waals surface area contributed by atoms with Crippen molar-refractivity contribution < 1.29 is 17.6 Å². The highest BCUT2D eigenvalue weighted by Gasteiger charge is 2.19. The number of amides is 1. The molecule has 7 nitrogen and oxygen atoms in total. The van der Waals surface area contributed by atoms with Crippen molar-refractivity contribution in [2.75, 3.05) is 12.4 Å². The number of sulfonamides is 1. The lowest BCUT2D eigenvalue weighted by molar-refractivity contribution is 0.0991. The van der Waals surface area contributed by atoms with Crippen LogP contribution in [0.25, 0.3) is 0 Å². The van der Waals surface area contributed by atoms with E-state index in [1.54, 1.807) is 12.1 Å². The smallest absolute Gasteiger partial charge is 0.291 e. The molecule has 0 aliphatic heterocycles. The Bertz CT molecular complexity index is 679. The fourth-order valence-corrected chi connectivity index (χ4v) is 1.96. The molecule has 0 fully saturated rings. The Balaban J connectivity index is 2.18. The van der Waals surface area contributed by atoms with Crippen LogP contribution in [0, 0.1) is 0 Å². The summed E-state index contributed by atoms with van der Waals surface area (Å²) in [6, 6.07) is 5.71. The Labute approximate surface area is 109 Å². The van der Waals surface area contributed by atoms with Crippen molar-refractivity contribution in [3.05, 3.63) is 42.4 Å². The van der Waals surface area contributed by atoms with Crippen molar-refractivity contribution >= 4 is 21.6 Å². The second kappa shape index (κ2) is 5.21. The second-order valence-corrected chi connectivity index (χ2v) is 5.33. The number of aromatic nitrogens is 1. The molecule has 0 spiro atoms. The summed E-state index contributed by atoms with van der Waals surface area (Å²) in [6.07, 6.45) is 3.04. The average Bonchev–Trinajstić information content (AvgIpc) is 2.90. The SMILES string of the molecule is CNS(=O)(=O)c1ccc(C(=O)Nc2ccncc2)o1. The molecule has 2 rings (SSSR count). The highest BCUT2D eigenvalue weighted by molar-refractivity contribution is 7.89. The molecule has 0 aliphatic rings. The Morgan fingerprint density at radius 3 is 2.53 bits per heavy atom. The first-order valence-electron chi connectivity index (χ1n) is 5.28. The molecule has 19 heavy (non-hydrogen) atoms. The molecule has 0 saturated heterocycles. The maximum Gasteiger partial charge on any atom is 0.291 e. The van der Waals surface area contributed by atoms with Crippen LogP contribution in [0.5, 0.6) is 0 Å². The molecule has 0 bridgehead atoms. The van der Waals surface area contributed by atoms with Crippen molar-refractivity contribution in [2.45, 2.75) is 5.09 Å². The van der Waals surface area contributed by atoms with Crippen LogP contribution in [0.1, 0.15) is 10.6 Å². The van der Waals surface area contributed by atoms with E-state index in [4.69, 9.17) is 4.42 Å². The minimum atomic E-state index is -3.69. The number of anilines is 1. The zero-order chi connectivity index (χ0) is 13.9. The van der Waals surface area contributed by atoms with Gasteiger partial charge in [0.25, 0.3) is 15.9 Å². The number of hydrogen-bond donors (Lipinski definition) is 2. The Morgan fingerprint density at radius 2 is 1.89 bits per heavy atom. The number of nitrogens with one attached hydrogen (secondary N) is 2. The van der Waals surface area contributed by atoms with Gasteiger partial charge in [0.2, 0.25) is 5.09 Å². The highest BCUT2D eigenvalue weighted by Crippen LogP contribution is 2.15. The number of rotatable bonds is 4. The zero-order valence-corrected chi connectivity index (χ0v) is 10.8. The normalized spacial score (nSPS) is 11.2. The molecular weight excluding hydrogens is 270 g/mol. The van der Waals surface area contributed by atoms with Gasteiger partial charge in [-0.15, -0.1) is 0 Å². The summed E-state index contributed by atoms with van der Waals surface area (Å²) in [5.41, 5.74) is 0.537. The van der Waals surface area contributed by atoms with E-state index in [1.807, 2.05) is 0 Å². The largest absolute Gasteiger partial charge is 0.438 e. The quantitative estimate of drug-likeness (QED) is 0.864. The lowest BCUT2D eigenvalue weighted by Gasteiger charge is -2.01. The van der Waals surface area contributed by atoms with E-state index in [2.05, 4.69) is 15.0 Å². The third kappa shape index (κ3) is 2.98. The summed E-state index contributed by atoms with van der Waals surface area (Å²) in [5.74, 6) is -0.630. The zero-order valence-electron chi connectivity index (χ0n) is 9.95. The molecule has 0 aliphatic carbocycles. The lowest BCUT2D eigenvalue weighted by Crippen LogP contribution is -2.18. The number of carbonyl (C=O) groups is 1. The molecule has 2 N–H and O–H groups in total. The predicted molar refractivity (Wildman–Crippen MR) is 67.1 cm³/mol. The third-order valence-corrected chi connectivity index (χ3v) is 3.56. The molecule has 0 atom stereocenters. The lowest BCUT2D eigenvalue weighted by atomic mass is 10.3. The fourth-order valence-electron chi connectivity index (χ4n) is 1.32. The van der Waals surface area contributed by atoms with Gasteiger partial charge in [0.15, 0.2) is 5.76 Å². The molecule has 1 amide bonds. The highest BCUT2D eigenvalue weighted by atomic mass is 32.2. The van der Waals surface area contributed by atoms with E-state index in [-0.39, 0.29) is 10.9 Å². The van der Waals surface area contributed by atoms with E-state index >= 15 is 0 Å². The van der Waals surface area contributed by atoms with Crippen LogP contribution in [0.15, 0.2) is 46.2 Å². The topological polar surface area (TPSA) is 101 Å². The van der Waals surface area contributed by atoms with Crippen molar-refractivity contribution in [3.63, 3.8) is 0 Å². The number of furan rings is 1. The van der Waals surface area contributed by atoms with Crippen LogP contribution in [0.2, 0.25) is 0 Å². The molecule has 0 unspecified atom stereocenters. The van der Waals surface area contributed by atoms with Crippen LogP contribution in [0.4, 0.5) is 5.69 Å². The monoisotopic (exact) mass is 281 g/mol. The first kappa shape index (κ1) is 13.2. The molecule has 100 valence electrons. The average molecular weight is 281 g/mol. The summed E-state index contributed by atoms with van der Waals surface area (Å²) in [4.78, 5) is 15.6. The Kier molecular flexibility index (Phi) is 3.63. The minimum absolute atomic E-state index is 0.0920. The van der Waals surface area contributed by atoms with Crippen LogP contribution in [0.3, 0.4) is 0 Å². The van der Waals surface area contributed by atoms with Gasteiger partial charge in [-0.05, 0) is 31.3 Å². The van der Waals surface area contributed by atoms with Gasteiger partial charge in [-0.3, -0.25) is 9.78 Å². The van der Waals surface area contributed by atoms with E-state index in [1.165, 1.54) is 31.6 Å². The van der Waals surface area contributed by atoms with E-state index < -0.39 is 15.9 Å². The molecule has 0 radical (unpaired) electrons. The Hall–Kier alpha value is -2.19. The summed E-state index contributed by atoms with van der Waals surface area (Å²) in [5, 5.41) is 2.24. The first-order chi connectivity index (χ1) is 9.03. The summed E-state index contributed by atoms with van der Waals surface area (Å²) >= 11 is 0. The van der Waals surface area contributed by atoms with Gasteiger partial charge in [-0.2, -0.15) is 0 Å². The summed E-state index contributed by atoms with van der Waals surface area (Å²) in [6.45, 7) is 0. The van der Waals surface area contributed by atoms with Crippen LogP contribution in [-0.2, 0) is 10.0 Å². The molecule has 8 heteroatoms. The number of carbonyl (C=O) groups excluding carboxylic acids is 1. The minimum Gasteiger partial charge on any atom is -0.438 e. The first-order valence-corrected chi connectivity index (χ1v) is 6.76. The maximum atomic E-state index is 11.8. The van der Waals surface area contributed by atoms with Crippen molar-refractivity contribution in [1.29, 1.82) is 0 Å². The van der Waals surface area contributed by atoms with Gasteiger partial charge in [0.05, 0.1) is 0 Å². The molecule has 2 aromatic rings.